The molecule has 6 nitrogen and oxygen atoms in total. The SMILES string of the molecule is CCOc1ccc([C@@H](CNC(=O)NCc2ccccc2)c2c[nH]c3ccccc23)cc1OC. The molecule has 0 bridgehead atoms. The van der Waals surface area contributed by atoms with Crippen LogP contribution < -0.4 is 20.1 Å². The van der Waals surface area contributed by atoms with Gasteiger partial charge in [0.2, 0.25) is 0 Å². The number of amides is 2. The van der Waals surface area contributed by atoms with Crippen molar-refractivity contribution in [3.05, 3.63) is 95.7 Å². The predicted octanol–water partition coefficient (Wildman–Crippen LogP) is 5.21. The number of methoxy groups -OCH3 is 1. The summed E-state index contributed by atoms with van der Waals surface area (Å²) in [6, 6.07) is 23.8. The third-order valence-corrected chi connectivity index (χ3v) is 5.65. The molecule has 0 radical (unpaired) electrons. The smallest absolute Gasteiger partial charge is 0.315 e. The Morgan fingerprint density at radius 3 is 2.55 bits per heavy atom. The Hall–Kier alpha value is -3.93. The van der Waals surface area contributed by atoms with Crippen LogP contribution in [0.5, 0.6) is 11.5 Å². The molecule has 1 heterocycles. The second kappa shape index (κ2) is 10.6. The van der Waals surface area contributed by atoms with Gasteiger partial charge >= 0.3 is 6.03 Å². The Morgan fingerprint density at radius 2 is 1.76 bits per heavy atom. The number of nitrogens with one attached hydrogen (secondary N) is 3. The van der Waals surface area contributed by atoms with Crippen molar-refractivity contribution in [2.45, 2.75) is 19.4 Å². The molecule has 6 heteroatoms. The first-order valence-corrected chi connectivity index (χ1v) is 11.1. The van der Waals surface area contributed by atoms with Crippen LogP contribution in [0.3, 0.4) is 0 Å². The van der Waals surface area contributed by atoms with E-state index < -0.39 is 0 Å². The van der Waals surface area contributed by atoms with Crippen molar-refractivity contribution in [3.63, 3.8) is 0 Å². The van der Waals surface area contributed by atoms with E-state index in [1.54, 1.807) is 7.11 Å². The molecular weight excluding hydrogens is 414 g/mol. The summed E-state index contributed by atoms with van der Waals surface area (Å²) < 4.78 is 11.3. The molecular formula is C27H29N3O3. The number of urea groups is 1. The van der Waals surface area contributed by atoms with Crippen molar-refractivity contribution < 1.29 is 14.3 Å². The lowest BCUT2D eigenvalue weighted by Crippen LogP contribution is -2.37. The maximum absolute atomic E-state index is 12.6. The molecule has 0 saturated carbocycles. The Bertz CT molecular complexity index is 1200. The molecule has 3 aromatic carbocycles. The van der Waals surface area contributed by atoms with Crippen LogP contribution in [0.15, 0.2) is 79.0 Å². The highest BCUT2D eigenvalue weighted by Crippen LogP contribution is 2.35. The average molecular weight is 444 g/mol. The first kappa shape index (κ1) is 22.3. The quantitative estimate of drug-likeness (QED) is 0.333. The molecule has 0 fully saturated rings. The van der Waals surface area contributed by atoms with Gasteiger partial charge in [-0.1, -0.05) is 54.6 Å². The monoisotopic (exact) mass is 443 g/mol. The number of aromatic amines is 1. The highest BCUT2D eigenvalue weighted by atomic mass is 16.5. The van der Waals surface area contributed by atoms with Crippen LogP contribution in [0.25, 0.3) is 10.9 Å². The summed E-state index contributed by atoms with van der Waals surface area (Å²) in [4.78, 5) is 15.9. The second-order valence-corrected chi connectivity index (χ2v) is 7.73. The number of ether oxygens (including phenoxy) is 2. The molecule has 0 spiro atoms. The van der Waals surface area contributed by atoms with Crippen LogP contribution in [0.4, 0.5) is 4.79 Å². The highest BCUT2D eigenvalue weighted by Gasteiger charge is 2.21. The normalized spacial score (nSPS) is 11.7. The van der Waals surface area contributed by atoms with Crippen molar-refractivity contribution in [2.24, 2.45) is 0 Å². The minimum Gasteiger partial charge on any atom is -0.493 e. The first-order chi connectivity index (χ1) is 16.2. The Labute approximate surface area is 193 Å². The van der Waals surface area contributed by atoms with Gasteiger partial charge in [-0.2, -0.15) is 0 Å². The molecule has 1 aromatic heterocycles. The minimum atomic E-state index is -0.207. The number of H-pyrrole nitrogens is 1. The maximum Gasteiger partial charge on any atom is 0.315 e. The van der Waals surface area contributed by atoms with E-state index in [1.807, 2.05) is 73.8 Å². The lowest BCUT2D eigenvalue weighted by Gasteiger charge is -2.20. The Balaban J connectivity index is 1.58. The van der Waals surface area contributed by atoms with Crippen molar-refractivity contribution in [1.82, 2.24) is 15.6 Å². The van der Waals surface area contributed by atoms with Gasteiger partial charge in [0.05, 0.1) is 13.7 Å². The van der Waals surface area contributed by atoms with Crippen LogP contribution >= 0.6 is 0 Å². The summed E-state index contributed by atoms with van der Waals surface area (Å²) in [5.74, 6) is 1.30. The van der Waals surface area contributed by atoms with Crippen molar-refractivity contribution in [2.75, 3.05) is 20.3 Å². The molecule has 0 unspecified atom stereocenters. The zero-order chi connectivity index (χ0) is 23.0. The van der Waals surface area contributed by atoms with Crippen molar-refractivity contribution >= 4 is 16.9 Å². The van der Waals surface area contributed by atoms with Gasteiger partial charge in [0.25, 0.3) is 0 Å². The van der Waals surface area contributed by atoms with Crippen molar-refractivity contribution in [1.29, 1.82) is 0 Å². The number of hydrogen-bond acceptors (Lipinski definition) is 3. The number of carbonyl (C=O) groups excluding carboxylic acids is 1. The summed E-state index contributed by atoms with van der Waals surface area (Å²) in [5.41, 5.74) is 4.25. The topological polar surface area (TPSA) is 75.4 Å². The highest BCUT2D eigenvalue weighted by molar-refractivity contribution is 5.84. The second-order valence-electron chi connectivity index (χ2n) is 7.73. The summed E-state index contributed by atoms with van der Waals surface area (Å²) in [6.45, 7) is 3.41. The van der Waals surface area contributed by atoms with Crippen molar-refractivity contribution in [3.8, 4) is 11.5 Å². The zero-order valence-electron chi connectivity index (χ0n) is 18.9. The van der Waals surface area contributed by atoms with E-state index in [0.717, 1.165) is 27.6 Å². The molecule has 0 aliphatic heterocycles. The van der Waals surface area contributed by atoms with Gasteiger partial charge < -0.3 is 25.1 Å². The van der Waals surface area contributed by atoms with Gasteiger partial charge in [-0.25, -0.2) is 4.79 Å². The van der Waals surface area contributed by atoms with Crippen LogP contribution in [-0.2, 0) is 6.54 Å². The van der Waals surface area contributed by atoms with Gasteiger partial charge in [-0.05, 0) is 41.8 Å². The van der Waals surface area contributed by atoms with Gasteiger partial charge in [0, 0.05) is 36.1 Å². The largest absolute Gasteiger partial charge is 0.493 e. The molecule has 4 aromatic rings. The lowest BCUT2D eigenvalue weighted by molar-refractivity contribution is 0.240. The van der Waals surface area contributed by atoms with E-state index in [4.69, 9.17) is 9.47 Å². The number of aromatic nitrogens is 1. The number of hydrogen-bond donors (Lipinski definition) is 3. The standard InChI is InChI=1S/C27H29N3O3/c1-3-33-25-14-13-20(15-26(25)32-2)22(23-18-28-24-12-8-7-11-21(23)24)17-30-27(31)29-16-19-9-5-4-6-10-19/h4-15,18,22,28H,3,16-17H2,1-2H3,(H2,29,30,31)/t22-/m1/s1. The molecule has 4 rings (SSSR count). The van der Waals surface area contributed by atoms with E-state index in [-0.39, 0.29) is 11.9 Å². The molecule has 3 N–H and O–H groups in total. The van der Waals surface area contributed by atoms with E-state index in [0.29, 0.717) is 31.2 Å². The summed E-state index contributed by atoms with van der Waals surface area (Å²) in [6.07, 6.45) is 2.02. The molecule has 1 atom stereocenters. The maximum atomic E-state index is 12.6. The summed E-state index contributed by atoms with van der Waals surface area (Å²) in [7, 11) is 1.64. The number of rotatable bonds is 9. The average Bonchev–Trinajstić information content (AvgIpc) is 3.28. The fraction of sp³-hybridized carbons (Fsp3) is 0.222. The fourth-order valence-corrected chi connectivity index (χ4v) is 4.00. The van der Waals surface area contributed by atoms with Gasteiger partial charge in [0.1, 0.15) is 0 Å². The van der Waals surface area contributed by atoms with Crippen LogP contribution in [0.1, 0.15) is 29.5 Å². The van der Waals surface area contributed by atoms with Gasteiger partial charge in [-0.3, -0.25) is 0 Å². The number of para-hydroxylation sites is 1. The number of benzene rings is 3. The third-order valence-electron chi connectivity index (χ3n) is 5.65. The Morgan fingerprint density at radius 1 is 0.970 bits per heavy atom. The van der Waals surface area contributed by atoms with E-state index in [1.165, 1.54) is 0 Å². The number of fused-ring (bicyclic) bond motifs is 1. The summed E-state index contributed by atoms with van der Waals surface area (Å²) >= 11 is 0. The third kappa shape index (κ3) is 5.29. The Kier molecular flexibility index (Phi) is 7.15. The van der Waals surface area contributed by atoms with E-state index in [2.05, 4.69) is 27.8 Å². The molecule has 0 aliphatic carbocycles. The molecule has 33 heavy (non-hydrogen) atoms. The zero-order valence-corrected chi connectivity index (χ0v) is 18.9. The number of carbonyl (C=O) groups is 1. The van der Waals surface area contributed by atoms with Crippen LogP contribution in [-0.4, -0.2) is 31.3 Å². The molecule has 2 amide bonds. The minimum absolute atomic E-state index is 0.0757. The predicted molar refractivity (Wildman–Crippen MR) is 131 cm³/mol. The van der Waals surface area contributed by atoms with Crippen LogP contribution in [0, 0.1) is 0 Å². The molecule has 0 aliphatic rings. The van der Waals surface area contributed by atoms with E-state index >= 15 is 0 Å². The fourth-order valence-electron chi connectivity index (χ4n) is 4.00. The van der Waals surface area contributed by atoms with Gasteiger partial charge in [-0.15, -0.1) is 0 Å². The summed E-state index contributed by atoms with van der Waals surface area (Å²) in [5, 5.41) is 7.11. The van der Waals surface area contributed by atoms with Gasteiger partial charge in [0.15, 0.2) is 11.5 Å². The van der Waals surface area contributed by atoms with Crippen LogP contribution in [0.2, 0.25) is 0 Å². The molecule has 0 saturated heterocycles. The van der Waals surface area contributed by atoms with E-state index in [9.17, 15) is 4.79 Å². The lowest BCUT2D eigenvalue weighted by atomic mass is 9.90. The first-order valence-electron chi connectivity index (χ1n) is 11.1. The molecule has 170 valence electrons.